The minimum absolute atomic E-state index is 0.280. The number of hydrogen-bond donors (Lipinski definition) is 2. The predicted molar refractivity (Wildman–Crippen MR) is 128 cm³/mol. The number of carbonyl (C=O) groups is 2. The van der Waals surface area contributed by atoms with Gasteiger partial charge in [-0.25, -0.2) is 0 Å². The first-order valence-electron chi connectivity index (χ1n) is 13.3. The van der Waals surface area contributed by atoms with E-state index in [2.05, 4.69) is 20.8 Å². The molecule has 0 aromatic heterocycles. The second kappa shape index (κ2) is 14.9. The Kier molecular flexibility index (Phi) is 13.4. The third-order valence-electron chi connectivity index (χ3n) is 7.91. The van der Waals surface area contributed by atoms with E-state index in [1.165, 1.54) is 51.4 Å². The lowest BCUT2D eigenvalue weighted by Gasteiger charge is -2.50. The van der Waals surface area contributed by atoms with Crippen LogP contribution < -0.4 is 0 Å². The van der Waals surface area contributed by atoms with Gasteiger partial charge in [0.2, 0.25) is 0 Å². The first-order valence-corrected chi connectivity index (χ1v) is 13.3. The molecule has 0 heterocycles. The van der Waals surface area contributed by atoms with Gasteiger partial charge in [0.25, 0.3) is 0 Å². The van der Waals surface area contributed by atoms with Crippen LogP contribution in [0.2, 0.25) is 0 Å². The molecule has 0 radical (unpaired) electrons. The predicted octanol–water partition coefficient (Wildman–Crippen LogP) is 8.23. The van der Waals surface area contributed by atoms with Crippen LogP contribution in [0, 0.1) is 16.7 Å². The van der Waals surface area contributed by atoms with Gasteiger partial charge in [-0.2, -0.15) is 0 Å². The molecule has 1 fully saturated rings. The van der Waals surface area contributed by atoms with Gasteiger partial charge in [-0.3, -0.25) is 9.59 Å². The van der Waals surface area contributed by atoms with Gasteiger partial charge in [0.1, 0.15) is 0 Å². The third-order valence-corrected chi connectivity index (χ3v) is 7.91. The zero-order valence-electron chi connectivity index (χ0n) is 20.7. The highest BCUT2D eigenvalue weighted by atomic mass is 16.4. The Balaban J connectivity index is 2.81. The lowest BCUT2D eigenvalue weighted by atomic mass is 9.50. The molecular formula is C27H50O4. The van der Waals surface area contributed by atoms with Crippen LogP contribution in [0.1, 0.15) is 143 Å². The Labute approximate surface area is 191 Å². The summed E-state index contributed by atoms with van der Waals surface area (Å²) in [5.74, 6) is -1.45. The van der Waals surface area contributed by atoms with Crippen molar-refractivity contribution in [3.05, 3.63) is 0 Å². The van der Waals surface area contributed by atoms with E-state index in [0.29, 0.717) is 25.7 Å². The summed E-state index contributed by atoms with van der Waals surface area (Å²) in [6.45, 7) is 6.51. The summed E-state index contributed by atoms with van der Waals surface area (Å²) in [6.07, 6.45) is 18.7. The van der Waals surface area contributed by atoms with E-state index in [9.17, 15) is 19.8 Å². The number of aliphatic carboxylic acids is 2. The summed E-state index contributed by atoms with van der Waals surface area (Å²) in [7, 11) is 0. The van der Waals surface area contributed by atoms with Crippen molar-refractivity contribution in [2.45, 2.75) is 143 Å². The van der Waals surface area contributed by atoms with Crippen molar-refractivity contribution >= 4 is 11.9 Å². The molecular weight excluding hydrogens is 388 g/mol. The van der Waals surface area contributed by atoms with E-state index >= 15 is 0 Å². The molecule has 1 aliphatic rings. The van der Waals surface area contributed by atoms with Crippen LogP contribution >= 0.6 is 0 Å². The van der Waals surface area contributed by atoms with Crippen LogP contribution in [0.4, 0.5) is 0 Å². The topological polar surface area (TPSA) is 74.6 Å². The highest BCUT2D eigenvalue weighted by molar-refractivity contribution is 5.87. The number of carboxylic acid groups (broad SMARTS) is 2. The zero-order valence-corrected chi connectivity index (χ0v) is 20.7. The van der Waals surface area contributed by atoms with Gasteiger partial charge in [-0.15, -0.1) is 0 Å². The minimum atomic E-state index is -1.11. The number of unbranched alkanes of at least 4 members (excludes halogenated alkanes) is 12. The van der Waals surface area contributed by atoms with Gasteiger partial charge >= 0.3 is 11.9 Å². The van der Waals surface area contributed by atoms with Crippen molar-refractivity contribution in [2.24, 2.45) is 16.7 Å². The van der Waals surface area contributed by atoms with Crippen molar-refractivity contribution < 1.29 is 19.8 Å². The summed E-state index contributed by atoms with van der Waals surface area (Å²) >= 11 is 0. The quantitative estimate of drug-likeness (QED) is 0.211. The Morgan fingerprint density at radius 2 is 1.06 bits per heavy atom. The van der Waals surface area contributed by atoms with Crippen LogP contribution in [0.3, 0.4) is 0 Å². The van der Waals surface area contributed by atoms with Gasteiger partial charge in [0.15, 0.2) is 0 Å². The van der Waals surface area contributed by atoms with Crippen LogP contribution in [0.5, 0.6) is 0 Å². The van der Waals surface area contributed by atoms with E-state index < -0.39 is 22.8 Å². The second-order valence-corrected chi connectivity index (χ2v) is 10.4. The van der Waals surface area contributed by atoms with Gasteiger partial charge in [0, 0.05) is 0 Å². The molecule has 0 spiro atoms. The fourth-order valence-electron chi connectivity index (χ4n) is 5.92. The van der Waals surface area contributed by atoms with Crippen molar-refractivity contribution in [1.82, 2.24) is 0 Å². The summed E-state index contributed by atoms with van der Waals surface area (Å²) in [5, 5.41) is 20.8. The van der Waals surface area contributed by atoms with E-state index in [1.54, 1.807) is 0 Å². The van der Waals surface area contributed by atoms with Gasteiger partial charge in [-0.05, 0) is 38.0 Å². The second-order valence-electron chi connectivity index (χ2n) is 10.4. The van der Waals surface area contributed by atoms with E-state index in [0.717, 1.165) is 44.9 Å². The fourth-order valence-corrected chi connectivity index (χ4v) is 5.92. The molecule has 1 saturated carbocycles. The molecule has 4 nitrogen and oxygen atoms in total. The molecule has 3 unspecified atom stereocenters. The molecule has 3 atom stereocenters. The summed E-state index contributed by atoms with van der Waals surface area (Å²) in [4.78, 5) is 25.3. The lowest BCUT2D eigenvalue weighted by Crippen LogP contribution is -2.56. The molecule has 0 aromatic rings. The number of hydrogen-bond acceptors (Lipinski definition) is 2. The van der Waals surface area contributed by atoms with Crippen molar-refractivity contribution in [3.8, 4) is 0 Å². The average Bonchev–Trinajstić information content (AvgIpc) is 2.73. The molecule has 2 N–H and O–H groups in total. The van der Waals surface area contributed by atoms with Crippen LogP contribution in [0.15, 0.2) is 0 Å². The van der Waals surface area contributed by atoms with Crippen molar-refractivity contribution in [1.29, 1.82) is 0 Å². The standard InChI is InChI=1S/C27H50O4/c1-4-6-8-10-12-14-16-19-26(24(28)29)21-18-23(3)22-27(26,25(30)31)20-17-15-13-11-9-7-5-2/h23H,4-22H2,1-3H3,(H,28,29)(H,30,31). The Morgan fingerprint density at radius 1 is 0.677 bits per heavy atom. The first-order chi connectivity index (χ1) is 14.9. The van der Waals surface area contributed by atoms with Crippen LogP contribution in [0.25, 0.3) is 0 Å². The molecule has 4 heteroatoms. The largest absolute Gasteiger partial charge is 0.481 e. The smallest absolute Gasteiger partial charge is 0.310 e. The van der Waals surface area contributed by atoms with Crippen LogP contribution in [-0.4, -0.2) is 22.2 Å². The third kappa shape index (κ3) is 8.09. The average molecular weight is 439 g/mol. The molecule has 1 rings (SSSR count). The van der Waals surface area contributed by atoms with E-state index in [1.807, 2.05) is 0 Å². The maximum Gasteiger partial charge on any atom is 0.310 e. The summed E-state index contributed by atoms with van der Waals surface area (Å²) in [5.41, 5.74) is -2.21. The lowest BCUT2D eigenvalue weighted by molar-refractivity contribution is -0.185. The van der Waals surface area contributed by atoms with Crippen LogP contribution in [-0.2, 0) is 9.59 Å². The maximum absolute atomic E-state index is 12.7. The Bertz CT molecular complexity index is 517. The molecule has 0 aliphatic heterocycles. The number of carboxylic acids is 2. The minimum Gasteiger partial charge on any atom is -0.481 e. The highest BCUT2D eigenvalue weighted by Gasteiger charge is 2.62. The molecule has 0 amide bonds. The van der Waals surface area contributed by atoms with Gasteiger partial charge < -0.3 is 10.2 Å². The van der Waals surface area contributed by atoms with Gasteiger partial charge in [-0.1, -0.05) is 111 Å². The van der Waals surface area contributed by atoms with E-state index in [-0.39, 0.29) is 5.92 Å². The Hall–Kier alpha value is -1.06. The summed E-state index contributed by atoms with van der Waals surface area (Å²) in [6, 6.07) is 0. The number of rotatable bonds is 18. The first kappa shape index (κ1) is 28.0. The fraction of sp³-hybridized carbons (Fsp3) is 0.926. The highest BCUT2D eigenvalue weighted by Crippen LogP contribution is 2.58. The maximum atomic E-state index is 12.7. The summed E-state index contributed by atoms with van der Waals surface area (Å²) < 4.78 is 0. The normalized spacial score (nSPS) is 26.1. The molecule has 0 saturated heterocycles. The SMILES string of the molecule is CCCCCCCCCC1(C(=O)O)CCC(C)CC1(CCCCCCCCC)C(=O)O. The van der Waals surface area contributed by atoms with E-state index in [4.69, 9.17) is 0 Å². The van der Waals surface area contributed by atoms with Gasteiger partial charge in [0.05, 0.1) is 10.8 Å². The molecule has 31 heavy (non-hydrogen) atoms. The molecule has 0 bridgehead atoms. The van der Waals surface area contributed by atoms with Crippen molar-refractivity contribution in [3.63, 3.8) is 0 Å². The monoisotopic (exact) mass is 438 g/mol. The van der Waals surface area contributed by atoms with Crippen molar-refractivity contribution in [2.75, 3.05) is 0 Å². The Morgan fingerprint density at radius 3 is 1.48 bits per heavy atom. The molecule has 182 valence electrons. The zero-order chi connectivity index (χ0) is 23.2. The molecule has 1 aliphatic carbocycles. The molecule has 0 aromatic carbocycles.